The van der Waals surface area contributed by atoms with Crippen molar-refractivity contribution in [3.63, 3.8) is 0 Å². The molecule has 0 aliphatic heterocycles. The predicted molar refractivity (Wildman–Crippen MR) is 92.7 cm³/mol. The Morgan fingerprint density at radius 2 is 1.88 bits per heavy atom. The van der Waals surface area contributed by atoms with E-state index in [-0.39, 0.29) is 12.2 Å². The van der Waals surface area contributed by atoms with Crippen molar-refractivity contribution >= 4 is 5.97 Å². The van der Waals surface area contributed by atoms with Crippen molar-refractivity contribution in [2.24, 2.45) is 5.92 Å². The normalized spacial score (nSPS) is 14.6. The van der Waals surface area contributed by atoms with Crippen LogP contribution in [0.25, 0.3) is 11.3 Å². The third-order valence-electron chi connectivity index (χ3n) is 3.97. The highest BCUT2D eigenvalue weighted by Gasteiger charge is 2.26. The van der Waals surface area contributed by atoms with E-state index in [1.807, 2.05) is 51.1 Å². The van der Waals surface area contributed by atoms with Gasteiger partial charge in [0.25, 0.3) is 0 Å². The number of esters is 1. The topological polar surface area (TPSA) is 53.2 Å². The van der Waals surface area contributed by atoms with Gasteiger partial charge < -0.3 is 4.74 Å². The Morgan fingerprint density at radius 3 is 2.46 bits per heavy atom. The summed E-state index contributed by atoms with van der Waals surface area (Å²) in [6.07, 6.45) is 4.10. The van der Waals surface area contributed by atoms with Gasteiger partial charge in [-0.25, -0.2) is 4.79 Å². The molecule has 0 bridgehead atoms. The van der Waals surface area contributed by atoms with Crippen LogP contribution in [-0.2, 0) is 22.6 Å². The number of carbonyl (C=O) groups excluding carboxylic acids is 1. The number of ether oxygens (including phenoxy) is 1. The quantitative estimate of drug-likeness (QED) is 0.793. The van der Waals surface area contributed by atoms with Crippen LogP contribution >= 0.6 is 0 Å². The standard InChI is InChI=1S/C19H24N2O3/c1-19(2,3)24-17(22)13-20-12-16(15-7-5-4-6-8-15)21(18(20)23)11-14-9-10-14/h4-8,12,14H,9-11,13H2,1-3H3. The molecular weight excluding hydrogens is 304 g/mol. The Morgan fingerprint density at radius 1 is 1.21 bits per heavy atom. The number of imidazole rings is 1. The molecule has 5 heteroatoms. The van der Waals surface area contributed by atoms with Crippen molar-refractivity contribution < 1.29 is 9.53 Å². The van der Waals surface area contributed by atoms with Gasteiger partial charge in [0.15, 0.2) is 0 Å². The zero-order chi connectivity index (χ0) is 17.3. The summed E-state index contributed by atoms with van der Waals surface area (Å²) in [6, 6.07) is 9.81. The average Bonchev–Trinajstić information content (AvgIpc) is 3.27. The Hall–Kier alpha value is -2.30. The van der Waals surface area contributed by atoms with Gasteiger partial charge >= 0.3 is 11.7 Å². The number of carbonyl (C=O) groups is 1. The average molecular weight is 328 g/mol. The molecule has 5 nitrogen and oxygen atoms in total. The van der Waals surface area contributed by atoms with Crippen LogP contribution in [0.4, 0.5) is 0 Å². The first-order valence-corrected chi connectivity index (χ1v) is 8.41. The molecule has 0 radical (unpaired) electrons. The molecule has 0 unspecified atom stereocenters. The van der Waals surface area contributed by atoms with Crippen LogP contribution in [0.5, 0.6) is 0 Å². The lowest BCUT2D eigenvalue weighted by molar-refractivity contribution is -0.155. The molecule has 0 saturated heterocycles. The minimum Gasteiger partial charge on any atom is -0.459 e. The molecule has 0 amide bonds. The smallest absolute Gasteiger partial charge is 0.329 e. The third-order valence-corrected chi connectivity index (χ3v) is 3.97. The van der Waals surface area contributed by atoms with Crippen molar-refractivity contribution in [1.29, 1.82) is 0 Å². The zero-order valence-electron chi connectivity index (χ0n) is 14.5. The van der Waals surface area contributed by atoms with Crippen LogP contribution in [0.2, 0.25) is 0 Å². The maximum atomic E-state index is 12.7. The molecule has 1 saturated carbocycles. The maximum absolute atomic E-state index is 12.7. The minimum absolute atomic E-state index is 0.0619. The van der Waals surface area contributed by atoms with E-state index in [4.69, 9.17) is 4.74 Å². The molecule has 128 valence electrons. The van der Waals surface area contributed by atoms with Gasteiger partial charge in [-0.2, -0.15) is 0 Å². The lowest BCUT2D eigenvalue weighted by atomic mass is 10.1. The van der Waals surface area contributed by atoms with E-state index < -0.39 is 11.6 Å². The number of hydrogen-bond donors (Lipinski definition) is 0. The summed E-state index contributed by atoms with van der Waals surface area (Å²) in [5.41, 5.74) is 1.14. The van der Waals surface area contributed by atoms with Gasteiger partial charge in [-0.15, -0.1) is 0 Å². The van der Waals surface area contributed by atoms with Gasteiger partial charge in [-0.3, -0.25) is 13.9 Å². The molecule has 0 N–H and O–H groups in total. The first-order valence-electron chi connectivity index (χ1n) is 8.41. The summed E-state index contributed by atoms with van der Waals surface area (Å²) in [7, 11) is 0. The minimum atomic E-state index is -0.556. The van der Waals surface area contributed by atoms with Gasteiger partial charge in [0, 0.05) is 12.7 Å². The van der Waals surface area contributed by atoms with E-state index >= 15 is 0 Å². The number of benzene rings is 1. The van der Waals surface area contributed by atoms with Gasteiger partial charge in [-0.05, 0) is 45.1 Å². The Balaban J connectivity index is 1.91. The van der Waals surface area contributed by atoms with E-state index in [2.05, 4.69) is 0 Å². The van der Waals surface area contributed by atoms with Crippen LogP contribution in [0.1, 0.15) is 33.6 Å². The largest absolute Gasteiger partial charge is 0.459 e. The van der Waals surface area contributed by atoms with E-state index in [1.54, 1.807) is 10.8 Å². The number of nitrogens with zero attached hydrogens (tertiary/aromatic N) is 2. The molecule has 24 heavy (non-hydrogen) atoms. The molecule has 1 aromatic carbocycles. The number of aromatic nitrogens is 2. The molecule has 1 aromatic heterocycles. The summed E-state index contributed by atoms with van der Waals surface area (Å²) in [5, 5.41) is 0. The second-order valence-corrected chi connectivity index (χ2v) is 7.43. The fourth-order valence-corrected chi connectivity index (χ4v) is 2.73. The Bertz CT molecular complexity index is 777. The summed E-state index contributed by atoms with van der Waals surface area (Å²) >= 11 is 0. The summed E-state index contributed by atoms with van der Waals surface area (Å²) in [5.74, 6) is 0.176. The lowest BCUT2D eigenvalue weighted by Crippen LogP contribution is -2.31. The second kappa shape index (κ2) is 6.30. The Kier molecular flexibility index (Phi) is 4.35. The first kappa shape index (κ1) is 16.6. The van der Waals surface area contributed by atoms with E-state index in [0.717, 1.165) is 24.1 Å². The highest BCUT2D eigenvalue weighted by Crippen LogP contribution is 2.31. The molecule has 1 heterocycles. The van der Waals surface area contributed by atoms with E-state index in [1.165, 1.54) is 4.57 Å². The SMILES string of the molecule is CC(C)(C)OC(=O)Cn1cc(-c2ccccc2)n(CC2CC2)c1=O. The molecule has 1 aliphatic carbocycles. The van der Waals surface area contributed by atoms with Crippen LogP contribution in [0, 0.1) is 5.92 Å². The molecule has 3 rings (SSSR count). The van der Waals surface area contributed by atoms with Crippen molar-refractivity contribution in [3.8, 4) is 11.3 Å². The van der Waals surface area contributed by atoms with Crippen molar-refractivity contribution in [2.45, 2.75) is 52.3 Å². The first-order chi connectivity index (χ1) is 11.3. The van der Waals surface area contributed by atoms with E-state index in [9.17, 15) is 9.59 Å². The molecular formula is C19H24N2O3. The highest BCUT2D eigenvalue weighted by molar-refractivity contribution is 5.70. The second-order valence-electron chi connectivity index (χ2n) is 7.43. The van der Waals surface area contributed by atoms with Gasteiger partial charge in [0.05, 0.1) is 5.69 Å². The van der Waals surface area contributed by atoms with E-state index in [0.29, 0.717) is 12.5 Å². The zero-order valence-corrected chi connectivity index (χ0v) is 14.5. The lowest BCUT2D eigenvalue weighted by Gasteiger charge is -2.19. The number of hydrogen-bond acceptors (Lipinski definition) is 3. The summed E-state index contributed by atoms with van der Waals surface area (Å²) in [4.78, 5) is 24.8. The molecule has 0 atom stereocenters. The van der Waals surface area contributed by atoms with Gasteiger partial charge in [0.2, 0.25) is 0 Å². The fourth-order valence-electron chi connectivity index (χ4n) is 2.73. The maximum Gasteiger partial charge on any atom is 0.329 e. The molecule has 0 spiro atoms. The van der Waals surface area contributed by atoms with Crippen molar-refractivity contribution in [3.05, 3.63) is 47.0 Å². The third kappa shape index (κ3) is 3.96. The van der Waals surface area contributed by atoms with Gasteiger partial charge in [-0.1, -0.05) is 30.3 Å². The predicted octanol–water partition coefficient (Wildman–Crippen LogP) is 3.07. The molecule has 1 fully saturated rings. The van der Waals surface area contributed by atoms with Crippen LogP contribution in [-0.4, -0.2) is 20.7 Å². The fraction of sp³-hybridized carbons (Fsp3) is 0.474. The van der Waals surface area contributed by atoms with Crippen molar-refractivity contribution in [1.82, 2.24) is 9.13 Å². The Labute approximate surface area is 141 Å². The van der Waals surface area contributed by atoms with Crippen molar-refractivity contribution in [2.75, 3.05) is 0 Å². The number of rotatable bonds is 5. The van der Waals surface area contributed by atoms with Crippen LogP contribution < -0.4 is 5.69 Å². The van der Waals surface area contributed by atoms with Gasteiger partial charge in [0.1, 0.15) is 12.1 Å². The molecule has 1 aliphatic rings. The summed E-state index contributed by atoms with van der Waals surface area (Å²) in [6.45, 7) is 6.11. The monoisotopic (exact) mass is 328 g/mol. The summed E-state index contributed by atoms with van der Waals surface area (Å²) < 4.78 is 8.58. The van der Waals surface area contributed by atoms with Crippen LogP contribution in [0.15, 0.2) is 41.3 Å². The molecule has 2 aromatic rings. The van der Waals surface area contributed by atoms with Crippen LogP contribution in [0.3, 0.4) is 0 Å². The highest BCUT2D eigenvalue weighted by atomic mass is 16.6.